The maximum absolute atomic E-state index is 12.4. The molecule has 1 amide bonds. The molecule has 2 rings (SSSR count). The first-order valence-corrected chi connectivity index (χ1v) is 6.35. The number of rotatable bonds is 4. The number of nitrogens with one attached hydrogen (secondary N) is 2. The standard InChI is InChI=1S/C14H19N5O/c1-9(10-7-16-17-8-10)18-14(20)12-6-11(15)4-5-13(12)19(2)3/h4-9H,15H2,1-3H3,(H,16,17)(H,18,20). The number of amides is 1. The van der Waals surface area contributed by atoms with Crippen LogP contribution in [0.1, 0.15) is 28.9 Å². The Bertz CT molecular complexity index is 592. The predicted octanol–water partition coefficient (Wildman–Crippen LogP) is 1.55. The lowest BCUT2D eigenvalue weighted by Gasteiger charge is -2.19. The average molecular weight is 273 g/mol. The molecule has 0 fully saturated rings. The fourth-order valence-electron chi connectivity index (χ4n) is 1.98. The van der Waals surface area contributed by atoms with Crippen molar-refractivity contribution >= 4 is 17.3 Å². The van der Waals surface area contributed by atoms with Crippen LogP contribution in [-0.4, -0.2) is 30.2 Å². The van der Waals surface area contributed by atoms with Crippen LogP contribution in [0.5, 0.6) is 0 Å². The third-order valence-electron chi connectivity index (χ3n) is 3.11. The highest BCUT2D eigenvalue weighted by atomic mass is 16.1. The Kier molecular flexibility index (Phi) is 3.93. The first-order valence-electron chi connectivity index (χ1n) is 6.35. The number of aromatic amines is 1. The molecular formula is C14H19N5O. The van der Waals surface area contributed by atoms with Crippen molar-refractivity contribution in [2.45, 2.75) is 13.0 Å². The molecule has 1 unspecified atom stereocenters. The molecule has 0 aliphatic rings. The van der Waals surface area contributed by atoms with Crippen molar-refractivity contribution in [2.75, 3.05) is 24.7 Å². The molecule has 0 bridgehead atoms. The number of nitrogens with two attached hydrogens (primary N) is 1. The molecule has 106 valence electrons. The average Bonchev–Trinajstić information content (AvgIpc) is 2.92. The molecule has 6 heteroatoms. The lowest BCUT2D eigenvalue weighted by molar-refractivity contribution is 0.0940. The molecule has 0 spiro atoms. The second kappa shape index (κ2) is 5.64. The number of carbonyl (C=O) groups is 1. The van der Waals surface area contributed by atoms with Crippen LogP contribution in [0.4, 0.5) is 11.4 Å². The van der Waals surface area contributed by atoms with E-state index >= 15 is 0 Å². The van der Waals surface area contributed by atoms with Crippen LogP contribution in [0.15, 0.2) is 30.6 Å². The molecule has 2 aromatic rings. The maximum atomic E-state index is 12.4. The summed E-state index contributed by atoms with van der Waals surface area (Å²) in [6, 6.07) is 5.18. The van der Waals surface area contributed by atoms with E-state index in [2.05, 4.69) is 15.5 Å². The normalized spacial score (nSPS) is 11.9. The van der Waals surface area contributed by atoms with Crippen molar-refractivity contribution in [3.8, 4) is 0 Å². The van der Waals surface area contributed by atoms with Gasteiger partial charge in [0.2, 0.25) is 0 Å². The lowest BCUT2D eigenvalue weighted by Crippen LogP contribution is -2.28. The molecule has 1 aromatic heterocycles. The Labute approximate surface area is 118 Å². The molecule has 4 N–H and O–H groups in total. The highest BCUT2D eigenvalue weighted by molar-refractivity contribution is 6.00. The molecule has 0 saturated carbocycles. The Morgan fingerprint density at radius 3 is 2.80 bits per heavy atom. The molecule has 0 aliphatic heterocycles. The van der Waals surface area contributed by atoms with Gasteiger partial charge in [-0.3, -0.25) is 9.89 Å². The van der Waals surface area contributed by atoms with Crippen molar-refractivity contribution in [1.29, 1.82) is 0 Å². The van der Waals surface area contributed by atoms with E-state index in [1.54, 1.807) is 24.5 Å². The van der Waals surface area contributed by atoms with Gasteiger partial charge in [-0.1, -0.05) is 0 Å². The molecule has 0 radical (unpaired) electrons. The molecule has 0 aliphatic carbocycles. The zero-order valence-electron chi connectivity index (χ0n) is 11.8. The molecule has 1 aromatic carbocycles. The Hall–Kier alpha value is -2.50. The topological polar surface area (TPSA) is 87.0 Å². The summed E-state index contributed by atoms with van der Waals surface area (Å²) >= 11 is 0. The van der Waals surface area contributed by atoms with Crippen LogP contribution < -0.4 is 16.0 Å². The van der Waals surface area contributed by atoms with Gasteiger partial charge in [-0.25, -0.2) is 0 Å². The van der Waals surface area contributed by atoms with E-state index in [1.807, 2.05) is 32.0 Å². The van der Waals surface area contributed by atoms with Gasteiger partial charge in [-0.15, -0.1) is 0 Å². The van der Waals surface area contributed by atoms with Crippen LogP contribution in [-0.2, 0) is 0 Å². The molecule has 1 atom stereocenters. The quantitative estimate of drug-likeness (QED) is 0.738. The van der Waals surface area contributed by atoms with Crippen LogP contribution >= 0.6 is 0 Å². The molecule has 6 nitrogen and oxygen atoms in total. The Balaban J connectivity index is 2.22. The second-order valence-corrected chi connectivity index (χ2v) is 4.90. The minimum atomic E-state index is -0.158. The highest BCUT2D eigenvalue weighted by Crippen LogP contribution is 2.22. The van der Waals surface area contributed by atoms with Crippen molar-refractivity contribution in [3.05, 3.63) is 41.7 Å². The van der Waals surface area contributed by atoms with Crippen LogP contribution in [0, 0.1) is 0 Å². The van der Waals surface area contributed by atoms with E-state index in [1.165, 1.54) is 0 Å². The number of benzene rings is 1. The van der Waals surface area contributed by atoms with E-state index in [4.69, 9.17) is 5.73 Å². The van der Waals surface area contributed by atoms with Crippen LogP contribution in [0.3, 0.4) is 0 Å². The van der Waals surface area contributed by atoms with Gasteiger partial charge in [0.15, 0.2) is 0 Å². The van der Waals surface area contributed by atoms with Crippen molar-refractivity contribution < 1.29 is 4.79 Å². The van der Waals surface area contributed by atoms with Gasteiger partial charge >= 0.3 is 0 Å². The summed E-state index contributed by atoms with van der Waals surface area (Å²) in [7, 11) is 3.78. The van der Waals surface area contributed by atoms with Crippen molar-refractivity contribution in [2.24, 2.45) is 0 Å². The maximum Gasteiger partial charge on any atom is 0.253 e. The van der Waals surface area contributed by atoms with Gasteiger partial charge in [-0.05, 0) is 25.1 Å². The zero-order valence-corrected chi connectivity index (χ0v) is 11.8. The number of nitrogen functional groups attached to an aromatic ring is 1. The second-order valence-electron chi connectivity index (χ2n) is 4.90. The summed E-state index contributed by atoms with van der Waals surface area (Å²) in [6.45, 7) is 1.91. The van der Waals surface area contributed by atoms with Gasteiger partial charge in [-0.2, -0.15) is 5.10 Å². The number of anilines is 2. The van der Waals surface area contributed by atoms with Gasteiger partial charge in [0.05, 0.1) is 17.8 Å². The number of carbonyl (C=O) groups excluding carboxylic acids is 1. The number of H-pyrrole nitrogens is 1. The summed E-state index contributed by atoms with van der Waals surface area (Å²) in [5.74, 6) is -0.158. The SMILES string of the molecule is CC(NC(=O)c1cc(N)ccc1N(C)C)c1cn[nH]c1. The first kappa shape index (κ1) is 13.9. The minimum absolute atomic E-state index is 0.127. The number of aromatic nitrogens is 2. The fraction of sp³-hybridized carbons (Fsp3) is 0.286. The predicted molar refractivity (Wildman–Crippen MR) is 79.7 cm³/mol. The summed E-state index contributed by atoms with van der Waals surface area (Å²) < 4.78 is 0. The summed E-state index contributed by atoms with van der Waals surface area (Å²) in [4.78, 5) is 14.3. The third kappa shape index (κ3) is 2.90. The van der Waals surface area contributed by atoms with Crippen LogP contribution in [0.2, 0.25) is 0 Å². The summed E-state index contributed by atoms with van der Waals surface area (Å²) in [6.07, 6.45) is 3.45. The fourth-order valence-corrected chi connectivity index (χ4v) is 1.98. The Morgan fingerprint density at radius 1 is 1.45 bits per heavy atom. The molecule has 20 heavy (non-hydrogen) atoms. The molecule has 1 heterocycles. The zero-order chi connectivity index (χ0) is 14.7. The van der Waals surface area contributed by atoms with Gasteiger partial charge in [0.1, 0.15) is 0 Å². The largest absolute Gasteiger partial charge is 0.399 e. The van der Waals surface area contributed by atoms with E-state index in [0.717, 1.165) is 11.3 Å². The first-order chi connectivity index (χ1) is 9.49. The lowest BCUT2D eigenvalue weighted by atomic mass is 10.1. The Morgan fingerprint density at radius 2 is 2.20 bits per heavy atom. The minimum Gasteiger partial charge on any atom is -0.399 e. The number of nitrogens with zero attached hydrogens (tertiary/aromatic N) is 2. The smallest absolute Gasteiger partial charge is 0.253 e. The van der Waals surface area contributed by atoms with E-state index in [0.29, 0.717) is 11.3 Å². The van der Waals surface area contributed by atoms with Crippen molar-refractivity contribution in [1.82, 2.24) is 15.5 Å². The van der Waals surface area contributed by atoms with Gasteiger partial charge in [0, 0.05) is 37.2 Å². The molecule has 0 saturated heterocycles. The summed E-state index contributed by atoms with van der Waals surface area (Å²) in [5.41, 5.74) is 8.66. The van der Waals surface area contributed by atoms with E-state index in [-0.39, 0.29) is 11.9 Å². The monoisotopic (exact) mass is 273 g/mol. The number of hydrogen-bond acceptors (Lipinski definition) is 4. The number of hydrogen-bond donors (Lipinski definition) is 3. The highest BCUT2D eigenvalue weighted by Gasteiger charge is 2.16. The van der Waals surface area contributed by atoms with Crippen molar-refractivity contribution in [3.63, 3.8) is 0 Å². The van der Waals surface area contributed by atoms with Crippen LogP contribution in [0.25, 0.3) is 0 Å². The van der Waals surface area contributed by atoms with E-state index in [9.17, 15) is 4.79 Å². The molecular weight excluding hydrogens is 254 g/mol. The summed E-state index contributed by atoms with van der Waals surface area (Å²) in [5, 5.41) is 9.55. The van der Waals surface area contributed by atoms with E-state index < -0.39 is 0 Å². The third-order valence-corrected chi connectivity index (χ3v) is 3.11. The van der Waals surface area contributed by atoms with Gasteiger partial charge < -0.3 is 16.0 Å². The van der Waals surface area contributed by atoms with Gasteiger partial charge in [0.25, 0.3) is 5.91 Å².